The maximum Gasteiger partial charge on any atom is 0.229 e. The van der Waals surface area contributed by atoms with Crippen LogP contribution in [0.5, 0.6) is 0 Å². The molecule has 5 aromatic rings. The zero-order valence-electron chi connectivity index (χ0n) is 17.8. The summed E-state index contributed by atoms with van der Waals surface area (Å²) in [6.07, 6.45) is 5.50. The van der Waals surface area contributed by atoms with Crippen molar-refractivity contribution in [2.45, 2.75) is 0 Å². The van der Waals surface area contributed by atoms with Gasteiger partial charge in [-0.2, -0.15) is 15.1 Å². The molecule has 0 amide bonds. The molecular weight excluding hydrogens is 416 g/mol. The summed E-state index contributed by atoms with van der Waals surface area (Å²) in [4.78, 5) is 19.6. The number of anilines is 2. The van der Waals surface area contributed by atoms with E-state index in [4.69, 9.17) is 14.7 Å². The lowest BCUT2D eigenvalue weighted by molar-refractivity contribution is 0.122. The summed E-state index contributed by atoms with van der Waals surface area (Å²) < 4.78 is 7.47. The molecular formula is C24H22N8O. The Labute approximate surface area is 189 Å². The molecule has 0 spiro atoms. The Morgan fingerprint density at radius 3 is 2.70 bits per heavy atom. The van der Waals surface area contributed by atoms with Gasteiger partial charge in [0, 0.05) is 41.4 Å². The zero-order valence-corrected chi connectivity index (χ0v) is 17.8. The summed E-state index contributed by atoms with van der Waals surface area (Å²) in [6.45, 7) is 2.79. The number of hydrazone groups is 1. The van der Waals surface area contributed by atoms with Crippen molar-refractivity contribution in [1.82, 2.24) is 24.5 Å². The number of nitrogens with zero attached hydrogens (tertiary/aromatic N) is 6. The molecule has 2 N–H and O–H groups in total. The molecule has 4 heterocycles. The normalized spacial score (nSPS) is 14.5. The third kappa shape index (κ3) is 3.68. The first-order valence-electron chi connectivity index (χ1n) is 10.9. The predicted octanol–water partition coefficient (Wildman–Crippen LogP) is 3.58. The molecule has 0 aliphatic carbocycles. The minimum atomic E-state index is 0.562. The van der Waals surface area contributed by atoms with Crippen LogP contribution in [-0.4, -0.2) is 57.0 Å². The average Bonchev–Trinajstić information content (AvgIpc) is 3.50. The number of imidazole rings is 1. The van der Waals surface area contributed by atoms with Crippen molar-refractivity contribution in [3.05, 3.63) is 72.7 Å². The molecule has 0 unspecified atom stereocenters. The molecule has 33 heavy (non-hydrogen) atoms. The lowest BCUT2D eigenvalue weighted by Crippen LogP contribution is -2.37. The Hall–Kier alpha value is -4.24. The van der Waals surface area contributed by atoms with Gasteiger partial charge >= 0.3 is 0 Å². The first kappa shape index (κ1) is 19.4. The highest BCUT2D eigenvalue weighted by atomic mass is 16.5. The molecule has 1 aliphatic rings. The van der Waals surface area contributed by atoms with Crippen molar-refractivity contribution in [3.8, 4) is 5.69 Å². The molecule has 1 aliphatic heterocycles. The zero-order chi connectivity index (χ0) is 22.0. The Balaban J connectivity index is 1.40. The molecule has 1 fully saturated rings. The molecule has 0 bridgehead atoms. The molecule has 0 atom stereocenters. The molecule has 1 saturated heterocycles. The van der Waals surface area contributed by atoms with Crippen molar-refractivity contribution in [2.75, 3.05) is 36.6 Å². The number of benzene rings is 2. The number of aromatic amines is 1. The van der Waals surface area contributed by atoms with Gasteiger partial charge in [-0.1, -0.05) is 36.4 Å². The number of hydrogen-bond donors (Lipinski definition) is 2. The van der Waals surface area contributed by atoms with E-state index in [0.717, 1.165) is 40.9 Å². The highest BCUT2D eigenvalue weighted by molar-refractivity contribution is 5.99. The summed E-state index contributed by atoms with van der Waals surface area (Å²) in [5.74, 6) is 1.19. The largest absolute Gasteiger partial charge is 0.378 e. The van der Waals surface area contributed by atoms with Crippen molar-refractivity contribution < 1.29 is 4.74 Å². The van der Waals surface area contributed by atoms with Gasteiger partial charge in [-0.25, -0.2) is 4.98 Å². The fourth-order valence-electron chi connectivity index (χ4n) is 4.01. The number of nitrogens with one attached hydrogen (secondary N) is 2. The van der Waals surface area contributed by atoms with Gasteiger partial charge in [0.05, 0.1) is 19.4 Å². The van der Waals surface area contributed by atoms with E-state index in [2.05, 4.69) is 31.5 Å². The van der Waals surface area contributed by atoms with Crippen molar-refractivity contribution >= 4 is 40.0 Å². The molecule has 0 radical (unpaired) electrons. The van der Waals surface area contributed by atoms with Gasteiger partial charge in [0.2, 0.25) is 5.95 Å². The maximum absolute atomic E-state index is 5.50. The van der Waals surface area contributed by atoms with Crippen LogP contribution in [0.1, 0.15) is 5.56 Å². The van der Waals surface area contributed by atoms with Crippen LogP contribution in [0.2, 0.25) is 0 Å². The second-order valence-electron chi connectivity index (χ2n) is 7.75. The van der Waals surface area contributed by atoms with Gasteiger partial charge in [0.15, 0.2) is 17.0 Å². The Kier molecular flexibility index (Phi) is 4.93. The lowest BCUT2D eigenvalue weighted by Gasteiger charge is -2.27. The van der Waals surface area contributed by atoms with E-state index < -0.39 is 0 Å². The Morgan fingerprint density at radius 2 is 1.82 bits per heavy atom. The van der Waals surface area contributed by atoms with Gasteiger partial charge < -0.3 is 14.6 Å². The third-order valence-electron chi connectivity index (χ3n) is 5.71. The molecule has 9 nitrogen and oxygen atoms in total. The highest BCUT2D eigenvalue weighted by Gasteiger charge is 2.19. The molecule has 164 valence electrons. The second-order valence-corrected chi connectivity index (χ2v) is 7.75. The lowest BCUT2D eigenvalue weighted by atomic mass is 10.2. The van der Waals surface area contributed by atoms with Gasteiger partial charge in [0.1, 0.15) is 6.33 Å². The van der Waals surface area contributed by atoms with Gasteiger partial charge in [-0.3, -0.25) is 9.99 Å². The Bertz CT molecular complexity index is 1430. The average molecular weight is 438 g/mol. The topological polar surface area (TPSA) is 96.2 Å². The van der Waals surface area contributed by atoms with Crippen LogP contribution in [0.15, 0.2) is 72.2 Å². The number of hydrogen-bond acceptors (Lipinski definition) is 7. The fourth-order valence-corrected chi connectivity index (χ4v) is 4.01. The molecule has 3 aromatic heterocycles. The maximum atomic E-state index is 5.50. The monoisotopic (exact) mass is 438 g/mol. The molecule has 0 saturated carbocycles. The van der Waals surface area contributed by atoms with Crippen LogP contribution in [0.4, 0.5) is 11.8 Å². The standard InChI is InChI=1S/C24H22N8O/c1-2-6-18(7-3-1)32-16-26-21-22(28-24(29-23(21)32)31-10-12-33-13-11-31)30-27-15-17-14-25-20-9-5-4-8-19(17)20/h1-9,14-16,25H,10-13H2,(H,28,29,30). The van der Waals surface area contributed by atoms with Gasteiger partial charge in [-0.15, -0.1) is 0 Å². The number of H-pyrrole nitrogens is 1. The minimum Gasteiger partial charge on any atom is -0.378 e. The smallest absolute Gasteiger partial charge is 0.229 e. The van der Waals surface area contributed by atoms with Crippen LogP contribution >= 0.6 is 0 Å². The first-order valence-corrected chi connectivity index (χ1v) is 10.9. The summed E-state index contributed by atoms with van der Waals surface area (Å²) in [6, 6.07) is 18.2. The number of ether oxygens (including phenoxy) is 1. The van der Waals surface area contributed by atoms with E-state index >= 15 is 0 Å². The Morgan fingerprint density at radius 1 is 1.00 bits per heavy atom. The second kappa shape index (κ2) is 8.36. The summed E-state index contributed by atoms with van der Waals surface area (Å²) in [5, 5.41) is 5.58. The van der Waals surface area contributed by atoms with E-state index in [1.165, 1.54) is 0 Å². The van der Waals surface area contributed by atoms with E-state index in [1.807, 2.05) is 59.3 Å². The van der Waals surface area contributed by atoms with Gasteiger partial charge in [-0.05, 0) is 18.2 Å². The fraction of sp³-hybridized carbons (Fsp3) is 0.167. The van der Waals surface area contributed by atoms with Crippen LogP contribution in [0.3, 0.4) is 0 Å². The van der Waals surface area contributed by atoms with Crippen LogP contribution in [0.25, 0.3) is 27.8 Å². The predicted molar refractivity (Wildman–Crippen MR) is 129 cm³/mol. The molecule has 6 rings (SSSR count). The highest BCUT2D eigenvalue weighted by Crippen LogP contribution is 2.25. The number of para-hydroxylation sites is 2. The first-order chi connectivity index (χ1) is 16.4. The number of rotatable bonds is 5. The van der Waals surface area contributed by atoms with Crippen LogP contribution in [-0.2, 0) is 4.74 Å². The summed E-state index contributed by atoms with van der Waals surface area (Å²) in [5.41, 5.74) is 7.54. The quantitative estimate of drug-likeness (QED) is 0.322. The molecule has 2 aromatic carbocycles. The number of morpholine rings is 1. The van der Waals surface area contributed by atoms with E-state index in [9.17, 15) is 0 Å². The van der Waals surface area contributed by atoms with Crippen molar-refractivity contribution in [3.63, 3.8) is 0 Å². The van der Waals surface area contributed by atoms with E-state index in [-0.39, 0.29) is 0 Å². The third-order valence-corrected chi connectivity index (χ3v) is 5.71. The summed E-state index contributed by atoms with van der Waals surface area (Å²) >= 11 is 0. The molecule has 9 heteroatoms. The van der Waals surface area contributed by atoms with Crippen LogP contribution < -0.4 is 10.3 Å². The SMILES string of the molecule is C(=NNc1nc(N2CCOCC2)nc2c1ncn2-c1ccccc1)c1c[nH]c2ccccc12. The minimum absolute atomic E-state index is 0.562. The van der Waals surface area contributed by atoms with E-state index in [0.29, 0.717) is 30.5 Å². The summed E-state index contributed by atoms with van der Waals surface area (Å²) in [7, 11) is 0. The van der Waals surface area contributed by atoms with Crippen molar-refractivity contribution in [1.29, 1.82) is 0 Å². The number of fused-ring (bicyclic) bond motifs is 2. The number of aromatic nitrogens is 5. The van der Waals surface area contributed by atoms with E-state index in [1.54, 1.807) is 12.5 Å². The van der Waals surface area contributed by atoms with Gasteiger partial charge in [0.25, 0.3) is 0 Å². The van der Waals surface area contributed by atoms with Crippen LogP contribution in [0, 0.1) is 0 Å². The van der Waals surface area contributed by atoms with Crippen molar-refractivity contribution in [2.24, 2.45) is 5.10 Å².